The summed E-state index contributed by atoms with van der Waals surface area (Å²) in [5.41, 5.74) is -0.138. The highest BCUT2D eigenvalue weighted by atomic mass is 32.2. The minimum Gasteiger partial charge on any atom is -0.387 e. The van der Waals surface area contributed by atoms with Crippen LogP contribution >= 0.6 is 12.0 Å². The Labute approximate surface area is 128 Å². The van der Waals surface area contributed by atoms with Crippen LogP contribution in [0.4, 0.5) is 0 Å². The van der Waals surface area contributed by atoms with Gasteiger partial charge in [0.1, 0.15) is 11.6 Å². The van der Waals surface area contributed by atoms with Crippen molar-refractivity contribution in [2.45, 2.75) is 71.1 Å². The molecule has 0 aliphatic rings. The van der Waals surface area contributed by atoms with E-state index in [-0.39, 0.29) is 5.57 Å². The van der Waals surface area contributed by atoms with Crippen molar-refractivity contribution in [3.8, 4) is 6.07 Å². The van der Waals surface area contributed by atoms with Gasteiger partial charge in [-0.2, -0.15) is 5.26 Å². The van der Waals surface area contributed by atoms with Gasteiger partial charge in [-0.3, -0.25) is 0 Å². The number of unbranched alkanes of at least 4 members (excludes halogenated alkanes) is 9. The fourth-order valence-electron chi connectivity index (χ4n) is 1.84. The summed E-state index contributed by atoms with van der Waals surface area (Å²) < 4.78 is 4.83. The van der Waals surface area contributed by atoms with Crippen molar-refractivity contribution in [2.75, 3.05) is 5.75 Å². The maximum atomic E-state index is 11.1. The molecule has 0 aliphatic carbocycles. The van der Waals surface area contributed by atoms with E-state index in [1.165, 1.54) is 57.8 Å². The highest BCUT2D eigenvalue weighted by Gasteiger charge is 2.07. The normalized spacial score (nSPS) is 10.0. The predicted octanol–water partition coefficient (Wildman–Crippen LogP) is 5.18. The maximum Gasteiger partial charge on any atom is 0.360 e. The fourth-order valence-corrected chi connectivity index (χ4v) is 2.45. The molecule has 0 unspecified atom stereocenters. The van der Waals surface area contributed by atoms with Crippen molar-refractivity contribution in [1.29, 1.82) is 5.26 Å². The number of carbonyl (C=O) groups excluding carboxylic acids is 1. The Balaban J connectivity index is 3.16. The molecular formula is C16H27NO2S. The largest absolute Gasteiger partial charge is 0.387 e. The molecule has 3 nitrogen and oxygen atoms in total. The Morgan fingerprint density at radius 3 is 2.05 bits per heavy atom. The van der Waals surface area contributed by atoms with Crippen molar-refractivity contribution >= 4 is 18.0 Å². The quantitative estimate of drug-likeness (QED) is 0.203. The maximum absolute atomic E-state index is 11.1. The van der Waals surface area contributed by atoms with Crippen LogP contribution in [-0.2, 0) is 8.98 Å². The van der Waals surface area contributed by atoms with E-state index in [0.29, 0.717) is 0 Å². The number of nitrogens with zero attached hydrogens (tertiary/aromatic N) is 1. The van der Waals surface area contributed by atoms with Crippen LogP contribution in [-0.4, -0.2) is 11.7 Å². The second-order valence-corrected chi connectivity index (χ2v) is 5.78. The van der Waals surface area contributed by atoms with Crippen LogP contribution in [0.1, 0.15) is 71.1 Å². The average molecular weight is 297 g/mol. The van der Waals surface area contributed by atoms with Gasteiger partial charge in [0.05, 0.1) is 12.0 Å². The minimum absolute atomic E-state index is 0.138. The van der Waals surface area contributed by atoms with Crippen molar-refractivity contribution in [1.82, 2.24) is 0 Å². The van der Waals surface area contributed by atoms with E-state index in [9.17, 15) is 4.79 Å². The number of rotatable bonds is 13. The van der Waals surface area contributed by atoms with Crippen molar-refractivity contribution in [3.63, 3.8) is 0 Å². The summed E-state index contributed by atoms with van der Waals surface area (Å²) in [5.74, 6) is 0.172. The number of hydrogen-bond acceptors (Lipinski definition) is 4. The lowest BCUT2D eigenvalue weighted by Crippen LogP contribution is -2.00. The molecule has 0 amide bonds. The molecule has 0 heterocycles. The first kappa shape index (κ1) is 19.1. The Kier molecular flexibility index (Phi) is 13.8. The molecule has 0 N–H and O–H groups in total. The monoisotopic (exact) mass is 297 g/mol. The number of nitriles is 1. The molecule has 0 saturated heterocycles. The lowest BCUT2D eigenvalue weighted by molar-refractivity contribution is -0.128. The number of hydrogen-bond donors (Lipinski definition) is 0. The van der Waals surface area contributed by atoms with Crippen LogP contribution in [0.3, 0.4) is 0 Å². The van der Waals surface area contributed by atoms with Gasteiger partial charge in [-0.15, -0.1) is 0 Å². The van der Waals surface area contributed by atoms with Gasteiger partial charge >= 0.3 is 5.97 Å². The molecule has 0 bridgehead atoms. The zero-order valence-corrected chi connectivity index (χ0v) is 13.5. The Hall–Kier alpha value is -0.950. The van der Waals surface area contributed by atoms with Gasteiger partial charge in [0.2, 0.25) is 0 Å². The number of carbonyl (C=O) groups is 1. The summed E-state index contributed by atoms with van der Waals surface area (Å²) in [5, 5.41) is 8.44. The van der Waals surface area contributed by atoms with E-state index >= 15 is 0 Å². The first-order chi connectivity index (χ1) is 9.72. The SMILES string of the molecule is C=C(C#N)C(=O)OSCCCCCCCCCCCC. The Bertz CT molecular complexity index is 310. The van der Waals surface area contributed by atoms with E-state index in [1.54, 1.807) is 6.07 Å². The predicted molar refractivity (Wildman–Crippen MR) is 85.1 cm³/mol. The molecule has 0 aliphatic heterocycles. The zero-order chi connectivity index (χ0) is 15.1. The smallest absolute Gasteiger partial charge is 0.360 e. The van der Waals surface area contributed by atoms with E-state index in [1.807, 2.05) is 0 Å². The molecule has 0 aromatic rings. The van der Waals surface area contributed by atoms with Crippen molar-refractivity contribution in [3.05, 3.63) is 12.2 Å². The van der Waals surface area contributed by atoms with Crippen LogP contribution < -0.4 is 0 Å². The molecule has 0 saturated carbocycles. The highest BCUT2D eigenvalue weighted by molar-refractivity contribution is 7.95. The van der Waals surface area contributed by atoms with Gasteiger partial charge in [-0.05, 0) is 6.42 Å². The van der Waals surface area contributed by atoms with Crippen LogP contribution in [0.25, 0.3) is 0 Å². The molecule has 0 spiro atoms. The highest BCUT2D eigenvalue weighted by Crippen LogP contribution is 2.13. The molecule has 0 atom stereocenters. The van der Waals surface area contributed by atoms with Crippen molar-refractivity contribution in [2.24, 2.45) is 0 Å². The molecule has 0 radical (unpaired) electrons. The van der Waals surface area contributed by atoms with Crippen LogP contribution in [0.5, 0.6) is 0 Å². The van der Waals surface area contributed by atoms with E-state index in [4.69, 9.17) is 9.44 Å². The second-order valence-electron chi connectivity index (χ2n) is 4.97. The average Bonchev–Trinajstić information content (AvgIpc) is 2.47. The molecule has 0 aromatic heterocycles. The fraction of sp³-hybridized carbons (Fsp3) is 0.750. The second kappa shape index (κ2) is 14.5. The van der Waals surface area contributed by atoms with Gasteiger partial charge in [0, 0.05) is 5.75 Å². The van der Waals surface area contributed by atoms with Gasteiger partial charge in [-0.1, -0.05) is 71.3 Å². The standard InChI is InChI=1S/C16H27NO2S/c1-3-4-5-6-7-8-9-10-11-12-13-20-19-16(18)15(2)14-17/h2-13H2,1H3. The van der Waals surface area contributed by atoms with Gasteiger partial charge < -0.3 is 4.18 Å². The Morgan fingerprint density at radius 1 is 1.05 bits per heavy atom. The van der Waals surface area contributed by atoms with Crippen LogP contribution in [0.2, 0.25) is 0 Å². The van der Waals surface area contributed by atoms with Crippen LogP contribution in [0, 0.1) is 11.3 Å². The third-order valence-electron chi connectivity index (χ3n) is 3.10. The summed E-state index contributed by atoms with van der Waals surface area (Å²) >= 11 is 1.12. The van der Waals surface area contributed by atoms with Gasteiger partial charge in [-0.25, -0.2) is 4.79 Å². The molecule has 20 heavy (non-hydrogen) atoms. The van der Waals surface area contributed by atoms with Crippen LogP contribution in [0.15, 0.2) is 12.2 Å². The summed E-state index contributed by atoms with van der Waals surface area (Å²) in [6, 6.07) is 1.68. The lowest BCUT2D eigenvalue weighted by Gasteiger charge is -2.02. The van der Waals surface area contributed by atoms with E-state index < -0.39 is 5.97 Å². The summed E-state index contributed by atoms with van der Waals surface area (Å²) in [6.45, 7) is 5.54. The van der Waals surface area contributed by atoms with E-state index in [0.717, 1.165) is 24.2 Å². The molecule has 0 rings (SSSR count). The molecular weight excluding hydrogens is 270 g/mol. The van der Waals surface area contributed by atoms with Crippen molar-refractivity contribution < 1.29 is 8.98 Å². The third-order valence-corrected chi connectivity index (χ3v) is 3.82. The van der Waals surface area contributed by atoms with Gasteiger partial charge in [0.25, 0.3) is 0 Å². The minimum atomic E-state index is -0.621. The molecule has 0 aromatic carbocycles. The molecule has 4 heteroatoms. The summed E-state index contributed by atoms with van der Waals surface area (Å²) in [6.07, 6.45) is 12.9. The lowest BCUT2D eigenvalue weighted by atomic mass is 10.1. The molecule has 114 valence electrons. The Morgan fingerprint density at radius 2 is 1.55 bits per heavy atom. The molecule has 0 fully saturated rings. The first-order valence-electron chi connectivity index (χ1n) is 7.65. The zero-order valence-electron chi connectivity index (χ0n) is 12.7. The third kappa shape index (κ3) is 12.1. The summed E-state index contributed by atoms with van der Waals surface area (Å²) in [7, 11) is 0. The summed E-state index contributed by atoms with van der Waals surface area (Å²) in [4.78, 5) is 11.1. The topological polar surface area (TPSA) is 50.1 Å². The van der Waals surface area contributed by atoms with E-state index in [2.05, 4.69) is 13.5 Å². The van der Waals surface area contributed by atoms with Gasteiger partial charge in [0.15, 0.2) is 0 Å². The first-order valence-corrected chi connectivity index (χ1v) is 8.56.